The zero-order valence-corrected chi connectivity index (χ0v) is 15.0. The van der Waals surface area contributed by atoms with Crippen molar-refractivity contribution in [3.05, 3.63) is 60.3 Å². The number of nitrogens with one attached hydrogen (secondary N) is 2. The van der Waals surface area contributed by atoms with Gasteiger partial charge in [0.25, 0.3) is 5.91 Å². The van der Waals surface area contributed by atoms with E-state index in [1.54, 1.807) is 30.5 Å². The minimum atomic E-state index is -0.404. The molecule has 0 spiro atoms. The number of para-hydroxylation sites is 1. The number of amides is 2. The van der Waals surface area contributed by atoms with E-state index in [1.165, 1.54) is 14.2 Å². The van der Waals surface area contributed by atoms with Gasteiger partial charge >= 0.3 is 0 Å². The predicted molar refractivity (Wildman–Crippen MR) is 102 cm³/mol. The third-order valence-electron chi connectivity index (χ3n) is 3.93. The van der Waals surface area contributed by atoms with Crippen molar-refractivity contribution in [2.45, 2.75) is 0 Å². The zero-order chi connectivity index (χ0) is 19.2. The van der Waals surface area contributed by atoms with Crippen molar-refractivity contribution in [2.24, 2.45) is 0 Å². The van der Waals surface area contributed by atoms with Crippen LogP contribution >= 0.6 is 0 Å². The van der Waals surface area contributed by atoms with E-state index in [9.17, 15) is 9.59 Å². The molecule has 0 bridgehead atoms. The number of carbonyl (C=O) groups excluding carboxylic acids is 2. The zero-order valence-electron chi connectivity index (χ0n) is 15.0. The molecule has 0 saturated carbocycles. The number of rotatable bonds is 6. The van der Waals surface area contributed by atoms with E-state index in [-0.39, 0.29) is 12.5 Å². The number of aromatic nitrogens is 1. The molecule has 1 aromatic heterocycles. The lowest BCUT2D eigenvalue weighted by Gasteiger charge is -2.10. The highest BCUT2D eigenvalue weighted by Gasteiger charge is 2.12. The van der Waals surface area contributed by atoms with Crippen molar-refractivity contribution in [2.75, 3.05) is 26.1 Å². The highest BCUT2D eigenvalue weighted by Crippen LogP contribution is 2.22. The van der Waals surface area contributed by atoms with Crippen molar-refractivity contribution in [3.8, 4) is 11.5 Å². The van der Waals surface area contributed by atoms with Gasteiger partial charge in [0.1, 0.15) is 11.5 Å². The van der Waals surface area contributed by atoms with Crippen molar-refractivity contribution in [1.29, 1.82) is 0 Å². The average molecular weight is 365 g/mol. The first-order valence-corrected chi connectivity index (χ1v) is 8.25. The summed E-state index contributed by atoms with van der Waals surface area (Å²) in [7, 11) is 3.00. The summed E-state index contributed by atoms with van der Waals surface area (Å²) in [5.74, 6) is 0.228. The third-order valence-corrected chi connectivity index (χ3v) is 3.93. The molecule has 0 radical (unpaired) electrons. The van der Waals surface area contributed by atoms with Crippen LogP contribution in [0.1, 0.15) is 10.4 Å². The Morgan fingerprint density at radius 3 is 2.41 bits per heavy atom. The summed E-state index contributed by atoms with van der Waals surface area (Å²) in [6.07, 6.45) is 1.66. The number of pyridine rings is 1. The van der Waals surface area contributed by atoms with E-state index in [0.717, 1.165) is 5.39 Å². The molecule has 0 aliphatic heterocycles. The molecule has 2 N–H and O–H groups in total. The molecule has 0 aliphatic carbocycles. The van der Waals surface area contributed by atoms with Crippen LogP contribution in [0.5, 0.6) is 11.5 Å². The number of ether oxygens (including phenoxy) is 2. The molecule has 27 heavy (non-hydrogen) atoms. The smallest absolute Gasteiger partial charge is 0.251 e. The van der Waals surface area contributed by atoms with Crippen molar-refractivity contribution in [3.63, 3.8) is 0 Å². The maximum Gasteiger partial charge on any atom is 0.251 e. The number of anilines is 1. The fourth-order valence-electron chi connectivity index (χ4n) is 2.60. The van der Waals surface area contributed by atoms with Gasteiger partial charge in [0.15, 0.2) is 0 Å². The fourth-order valence-corrected chi connectivity index (χ4v) is 2.60. The van der Waals surface area contributed by atoms with Gasteiger partial charge in [0, 0.05) is 23.2 Å². The SMILES string of the molecule is COc1cc(OC)cc(C(=O)NCC(=O)Nc2cccc3cccnc23)c1. The number of hydrogen-bond acceptors (Lipinski definition) is 5. The molecule has 2 aromatic carbocycles. The van der Waals surface area contributed by atoms with E-state index in [0.29, 0.717) is 28.3 Å². The van der Waals surface area contributed by atoms with Gasteiger partial charge in [-0.2, -0.15) is 0 Å². The first-order chi connectivity index (χ1) is 13.1. The van der Waals surface area contributed by atoms with Crippen LogP contribution in [0.4, 0.5) is 5.69 Å². The summed E-state index contributed by atoms with van der Waals surface area (Å²) in [4.78, 5) is 28.9. The second-order valence-electron chi connectivity index (χ2n) is 5.71. The van der Waals surface area contributed by atoms with Crippen LogP contribution in [0, 0.1) is 0 Å². The van der Waals surface area contributed by atoms with E-state index < -0.39 is 5.91 Å². The normalized spacial score (nSPS) is 10.3. The van der Waals surface area contributed by atoms with Crippen LogP contribution in [0.3, 0.4) is 0 Å². The number of hydrogen-bond donors (Lipinski definition) is 2. The summed E-state index contributed by atoms with van der Waals surface area (Å²) in [6, 6.07) is 14.1. The van der Waals surface area contributed by atoms with Gasteiger partial charge in [-0.3, -0.25) is 14.6 Å². The van der Waals surface area contributed by atoms with Gasteiger partial charge in [-0.1, -0.05) is 18.2 Å². The number of methoxy groups -OCH3 is 2. The Balaban J connectivity index is 1.66. The lowest BCUT2D eigenvalue weighted by Crippen LogP contribution is -2.32. The van der Waals surface area contributed by atoms with E-state index >= 15 is 0 Å². The second kappa shape index (κ2) is 8.18. The summed E-state index contributed by atoms with van der Waals surface area (Å²) in [5.41, 5.74) is 1.62. The molecule has 3 aromatic rings. The van der Waals surface area contributed by atoms with Crippen molar-refractivity contribution in [1.82, 2.24) is 10.3 Å². The van der Waals surface area contributed by atoms with Crippen LogP contribution in [0.15, 0.2) is 54.7 Å². The number of nitrogens with zero attached hydrogens (tertiary/aromatic N) is 1. The van der Waals surface area contributed by atoms with Crippen LogP contribution in [-0.2, 0) is 4.79 Å². The molecule has 0 saturated heterocycles. The Morgan fingerprint density at radius 1 is 1.00 bits per heavy atom. The maximum absolute atomic E-state index is 12.3. The largest absolute Gasteiger partial charge is 0.497 e. The highest BCUT2D eigenvalue weighted by molar-refractivity contribution is 6.03. The van der Waals surface area contributed by atoms with Crippen molar-refractivity contribution < 1.29 is 19.1 Å². The molecule has 2 amide bonds. The summed E-state index contributed by atoms with van der Waals surface area (Å²) in [5, 5.41) is 6.28. The van der Waals surface area contributed by atoms with Gasteiger partial charge in [-0.05, 0) is 24.3 Å². The van der Waals surface area contributed by atoms with Crippen LogP contribution < -0.4 is 20.1 Å². The van der Waals surface area contributed by atoms with Gasteiger partial charge in [-0.15, -0.1) is 0 Å². The topological polar surface area (TPSA) is 89.5 Å². The lowest BCUT2D eigenvalue weighted by molar-refractivity contribution is -0.115. The average Bonchev–Trinajstić information content (AvgIpc) is 2.71. The van der Waals surface area contributed by atoms with E-state index in [2.05, 4.69) is 15.6 Å². The first-order valence-electron chi connectivity index (χ1n) is 8.25. The molecule has 0 atom stereocenters. The van der Waals surface area contributed by atoms with Gasteiger partial charge in [0.05, 0.1) is 32.0 Å². The van der Waals surface area contributed by atoms with E-state index in [4.69, 9.17) is 9.47 Å². The molecular formula is C20H19N3O4. The van der Waals surface area contributed by atoms with Crippen LogP contribution in [0.2, 0.25) is 0 Å². The molecule has 0 aliphatic rings. The minimum Gasteiger partial charge on any atom is -0.497 e. The summed E-state index contributed by atoms with van der Waals surface area (Å²) in [6.45, 7) is -0.179. The Bertz CT molecular complexity index is 960. The Morgan fingerprint density at radius 2 is 1.70 bits per heavy atom. The van der Waals surface area contributed by atoms with Gasteiger partial charge in [0.2, 0.25) is 5.91 Å². The van der Waals surface area contributed by atoms with Gasteiger partial charge in [-0.25, -0.2) is 0 Å². The fraction of sp³-hybridized carbons (Fsp3) is 0.150. The van der Waals surface area contributed by atoms with E-state index in [1.807, 2.05) is 24.3 Å². The second-order valence-corrected chi connectivity index (χ2v) is 5.71. The Kier molecular flexibility index (Phi) is 5.51. The number of benzene rings is 2. The molecule has 3 rings (SSSR count). The number of fused-ring (bicyclic) bond motifs is 1. The monoisotopic (exact) mass is 365 g/mol. The van der Waals surface area contributed by atoms with Crippen LogP contribution in [-0.4, -0.2) is 37.6 Å². The molecular weight excluding hydrogens is 346 g/mol. The molecule has 1 heterocycles. The molecule has 0 unspecified atom stereocenters. The van der Waals surface area contributed by atoms with Crippen molar-refractivity contribution >= 4 is 28.4 Å². The third kappa shape index (κ3) is 4.33. The molecule has 0 fully saturated rings. The first kappa shape index (κ1) is 18.2. The minimum absolute atomic E-state index is 0.179. The quantitative estimate of drug-likeness (QED) is 0.701. The Labute approximate surface area is 156 Å². The lowest BCUT2D eigenvalue weighted by atomic mass is 10.2. The molecule has 7 heteroatoms. The van der Waals surface area contributed by atoms with Crippen LogP contribution in [0.25, 0.3) is 10.9 Å². The Hall–Kier alpha value is -3.61. The molecule has 7 nitrogen and oxygen atoms in total. The summed E-state index contributed by atoms with van der Waals surface area (Å²) >= 11 is 0. The van der Waals surface area contributed by atoms with Gasteiger partial charge < -0.3 is 20.1 Å². The maximum atomic E-state index is 12.3. The standard InChI is InChI=1S/C20H19N3O4/c1-26-15-9-14(10-16(11-15)27-2)20(25)22-12-18(24)23-17-7-3-5-13-6-4-8-21-19(13)17/h3-11H,12H2,1-2H3,(H,22,25)(H,23,24). The molecule has 138 valence electrons. The number of carbonyl (C=O) groups is 2. The predicted octanol–water partition coefficient (Wildman–Crippen LogP) is 2.62. The summed E-state index contributed by atoms with van der Waals surface area (Å²) < 4.78 is 10.3. The highest BCUT2D eigenvalue weighted by atomic mass is 16.5.